The zero-order valence-corrected chi connectivity index (χ0v) is 14.3. The van der Waals surface area contributed by atoms with Crippen molar-refractivity contribution < 1.29 is 18.8 Å². The van der Waals surface area contributed by atoms with Crippen LogP contribution in [0.4, 0.5) is 0 Å². The first kappa shape index (κ1) is 16.9. The third kappa shape index (κ3) is 4.13. The molecule has 0 bridgehead atoms. The third-order valence-corrected chi connectivity index (χ3v) is 4.36. The molecule has 2 aromatic heterocycles. The molecule has 1 aromatic carbocycles. The normalized spacial score (nSPS) is 10.4. The lowest BCUT2D eigenvalue weighted by atomic mass is 10.1. The second-order valence-corrected chi connectivity index (χ2v) is 6.29. The summed E-state index contributed by atoms with van der Waals surface area (Å²) in [5, 5.41) is 8.56. The van der Waals surface area contributed by atoms with E-state index >= 15 is 0 Å². The summed E-state index contributed by atoms with van der Waals surface area (Å²) < 4.78 is 10.2. The molecule has 0 aliphatic heterocycles. The molecule has 0 atom stereocenters. The minimum Gasteiger partial charge on any atom is -0.452 e. The molecule has 2 heterocycles. The van der Waals surface area contributed by atoms with Crippen molar-refractivity contribution in [3.63, 3.8) is 0 Å². The number of benzene rings is 1. The maximum Gasteiger partial charge on any atom is 0.344 e. The lowest BCUT2D eigenvalue weighted by Crippen LogP contribution is -2.28. The van der Waals surface area contributed by atoms with Gasteiger partial charge in [0.2, 0.25) is 0 Å². The lowest BCUT2D eigenvalue weighted by Gasteiger charge is -2.06. The highest BCUT2D eigenvalue weighted by Gasteiger charge is 2.23. The van der Waals surface area contributed by atoms with Crippen LogP contribution in [-0.2, 0) is 16.1 Å². The predicted octanol–water partition coefficient (Wildman–Crippen LogP) is 3.18. The maximum absolute atomic E-state index is 12.4. The number of amides is 1. The first-order chi connectivity index (χ1) is 12.1. The molecule has 25 heavy (non-hydrogen) atoms. The van der Waals surface area contributed by atoms with Crippen molar-refractivity contribution in [2.45, 2.75) is 13.5 Å². The highest BCUT2D eigenvalue weighted by Crippen LogP contribution is 2.25. The van der Waals surface area contributed by atoms with Gasteiger partial charge in [0, 0.05) is 10.4 Å². The SMILES string of the molecule is Cc1onc(-c2ccccc2)c1C(=O)OCC(=O)NCc1cccs1. The number of rotatable bonds is 6. The van der Waals surface area contributed by atoms with Crippen LogP contribution >= 0.6 is 11.3 Å². The molecule has 3 rings (SSSR count). The molecule has 3 aromatic rings. The van der Waals surface area contributed by atoms with Crippen molar-refractivity contribution in [3.8, 4) is 11.3 Å². The number of carbonyl (C=O) groups is 2. The molecule has 0 saturated heterocycles. The number of nitrogens with zero attached hydrogens (tertiary/aromatic N) is 1. The molecule has 1 N–H and O–H groups in total. The Hall–Kier alpha value is -2.93. The summed E-state index contributed by atoms with van der Waals surface area (Å²) in [4.78, 5) is 25.2. The van der Waals surface area contributed by atoms with E-state index in [2.05, 4.69) is 10.5 Å². The van der Waals surface area contributed by atoms with E-state index in [0.29, 0.717) is 18.0 Å². The molecule has 128 valence electrons. The zero-order chi connectivity index (χ0) is 17.6. The number of hydrogen-bond acceptors (Lipinski definition) is 6. The van der Waals surface area contributed by atoms with Crippen LogP contribution in [-0.4, -0.2) is 23.6 Å². The van der Waals surface area contributed by atoms with Crippen LogP contribution in [0.15, 0.2) is 52.4 Å². The molecule has 0 radical (unpaired) electrons. The summed E-state index contributed by atoms with van der Waals surface area (Å²) in [6.07, 6.45) is 0. The topological polar surface area (TPSA) is 81.4 Å². The maximum atomic E-state index is 12.4. The van der Waals surface area contributed by atoms with E-state index in [1.165, 1.54) is 0 Å². The van der Waals surface area contributed by atoms with E-state index in [4.69, 9.17) is 9.26 Å². The first-order valence-electron chi connectivity index (χ1n) is 7.63. The Morgan fingerprint density at radius 3 is 2.72 bits per heavy atom. The average molecular weight is 356 g/mol. The molecule has 1 amide bonds. The molecule has 0 aliphatic carbocycles. The van der Waals surface area contributed by atoms with E-state index in [1.54, 1.807) is 18.3 Å². The largest absolute Gasteiger partial charge is 0.452 e. The van der Waals surface area contributed by atoms with Crippen molar-refractivity contribution in [1.82, 2.24) is 10.5 Å². The van der Waals surface area contributed by atoms with Gasteiger partial charge in [-0.25, -0.2) is 4.79 Å². The lowest BCUT2D eigenvalue weighted by molar-refractivity contribution is -0.124. The highest BCUT2D eigenvalue weighted by atomic mass is 32.1. The van der Waals surface area contributed by atoms with Gasteiger partial charge >= 0.3 is 5.97 Å². The molecule has 0 saturated carbocycles. The molecule has 0 spiro atoms. The van der Waals surface area contributed by atoms with Crippen molar-refractivity contribution >= 4 is 23.2 Å². The fraction of sp³-hybridized carbons (Fsp3) is 0.167. The number of aromatic nitrogens is 1. The van der Waals surface area contributed by atoms with Gasteiger partial charge < -0.3 is 14.6 Å². The van der Waals surface area contributed by atoms with E-state index < -0.39 is 5.97 Å². The third-order valence-electron chi connectivity index (χ3n) is 3.49. The molecule has 0 unspecified atom stereocenters. The summed E-state index contributed by atoms with van der Waals surface area (Å²) in [6.45, 7) is 1.69. The van der Waals surface area contributed by atoms with Crippen molar-refractivity contribution in [2.24, 2.45) is 0 Å². The van der Waals surface area contributed by atoms with Crippen LogP contribution < -0.4 is 5.32 Å². The highest BCUT2D eigenvalue weighted by molar-refractivity contribution is 7.09. The summed E-state index contributed by atoms with van der Waals surface area (Å²) in [6, 6.07) is 13.0. The smallest absolute Gasteiger partial charge is 0.344 e. The van der Waals surface area contributed by atoms with E-state index in [1.807, 2.05) is 47.8 Å². The zero-order valence-electron chi connectivity index (χ0n) is 13.5. The molecule has 0 aliphatic rings. The Kier molecular flexibility index (Phi) is 5.25. The monoisotopic (exact) mass is 356 g/mol. The van der Waals surface area contributed by atoms with Crippen molar-refractivity contribution in [3.05, 3.63) is 64.0 Å². The van der Waals surface area contributed by atoms with Gasteiger partial charge in [-0.3, -0.25) is 4.79 Å². The number of thiophene rings is 1. The molecular weight excluding hydrogens is 340 g/mol. The fourth-order valence-electron chi connectivity index (χ4n) is 2.26. The quantitative estimate of drug-likeness (QED) is 0.686. The van der Waals surface area contributed by atoms with Gasteiger partial charge in [0.05, 0.1) is 6.54 Å². The van der Waals surface area contributed by atoms with E-state index in [-0.39, 0.29) is 18.1 Å². The Balaban J connectivity index is 1.62. The number of hydrogen-bond donors (Lipinski definition) is 1. The number of esters is 1. The van der Waals surface area contributed by atoms with Crippen LogP contribution in [0.2, 0.25) is 0 Å². The standard InChI is InChI=1S/C18H16N2O4S/c1-12-16(17(20-24-12)13-6-3-2-4-7-13)18(22)23-11-15(21)19-10-14-8-5-9-25-14/h2-9H,10-11H2,1H3,(H,19,21). The number of ether oxygens (including phenoxy) is 1. The number of nitrogens with one attached hydrogen (secondary N) is 1. The van der Waals surface area contributed by atoms with Gasteiger partial charge in [-0.1, -0.05) is 41.6 Å². The van der Waals surface area contributed by atoms with Crippen LogP contribution in [0.1, 0.15) is 21.0 Å². The summed E-state index contributed by atoms with van der Waals surface area (Å²) in [7, 11) is 0. The van der Waals surface area contributed by atoms with Crippen molar-refractivity contribution in [2.75, 3.05) is 6.61 Å². The molecule has 7 heteroatoms. The van der Waals surface area contributed by atoms with Gasteiger partial charge in [0.1, 0.15) is 17.0 Å². The summed E-state index contributed by atoms with van der Waals surface area (Å²) in [5.74, 6) is -0.649. The minimum atomic E-state index is -0.635. The second kappa shape index (κ2) is 7.76. The Labute approximate surface area is 148 Å². The Morgan fingerprint density at radius 2 is 2.00 bits per heavy atom. The summed E-state index contributed by atoms with van der Waals surface area (Å²) >= 11 is 1.55. The molecular formula is C18H16N2O4S. The van der Waals surface area contributed by atoms with Crippen LogP contribution in [0.5, 0.6) is 0 Å². The molecule has 0 fully saturated rings. The predicted molar refractivity (Wildman–Crippen MR) is 93.1 cm³/mol. The Bertz CT molecular complexity index is 857. The first-order valence-corrected chi connectivity index (χ1v) is 8.51. The van der Waals surface area contributed by atoms with Crippen LogP contribution in [0, 0.1) is 6.92 Å². The van der Waals surface area contributed by atoms with Gasteiger partial charge in [0.25, 0.3) is 5.91 Å². The Morgan fingerprint density at radius 1 is 1.20 bits per heavy atom. The van der Waals surface area contributed by atoms with Gasteiger partial charge in [-0.05, 0) is 18.4 Å². The van der Waals surface area contributed by atoms with Crippen LogP contribution in [0.25, 0.3) is 11.3 Å². The van der Waals surface area contributed by atoms with Crippen molar-refractivity contribution in [1.29, 1.82) is 0 Å². The minimum absolute atomic E-state index is 0.234. The fourth-order valence-corrected chi connectivity index (χ4v) is 2.90. The van der Waals surface area contributed by atoms with E-state index in [9.17, 15) is 9.59 Å². The van der Waals surface area contributed by atoms with Gasteiger partial charge in [-0.15, -0.1) is 11.3 Å². The van der Waals surface area contributed by atoms with E-state index in [0.717, 1.165) is 10.4 Å². The van der Waals surface area contributed by atoms with Crippen LogP contribution in [0.3, 0.4) is 0 Å². The van der Waals surface area contributed by atoms with Gasteiger partial charge in [0.15, 0.2) is 6.61 Å². The summed E-state index contributed by atoms with van der Waals surface area (Å²) in [5.41, 5.74) is 1.38. The molecule has 6 nitrogen and oxygen atoms in total. The second-order valence-electron chi connectivity index (χ2n) is 5.26. The number of carbonyl (C=O) groups excluding carboxylic acids is 2. The number of aryl methyl sites for hydroxylation is 1. The average Bonchev–Trinajstić information content (AvgIpc) is 3.28. The van der Waals surface area contributed by atoms with Gasteiger partial charge in [-0.2, -0.15) is 0 Å².